The van der Waals surface area contributed by atoms with E-state index in [0.29, 0.717) is 29.9 Å². The fourth-order valence-corrected chi connectivity index (χ4v) is 6.19. The number of H-pyrrole nitrogens is 1. The topological polar surface area (TPSA) is 98.9 Å². The van der Waals surface area contributed by atoms with Crippen molar-refractivity contribution in [2.24, 2.45) is 9.98 Å². The zero-order valence-electron chi connectivity index (χ0n) is 22.1. The highest BCUT2D eigenvalue weighted by molar-refractivity contribution is 6.38. The van der Waals surface area contributed by atoms with Gasteiger partial charge in [-0.25, -0.2) is 9.98 Å². The first kappa shape index (κ1) is 24.2. The third kappa shape index (κ3) is 4.45. The van der Waals surface area contributed by atoms with Crippen molar-refractivity contribution in [3.63, 3.8) is 0 Å². The van der Waals surface area contributed by atoms with E-state index in [2.05, 4.69) is 67.6 Å². The van der Waals surface area contributed by atoms with Crippen molar-refractivity contribution in [2.75, 3.05) is 25.0 Å². The average molecular weight is 540 g/mol. The van der Waals surface area contributed by atoms with Crippen LogP contribution in [0, 0.1) is 6.92 Å². The molecule has 1 aliphatic carbocycles. The molecule has 0 unspecified atom stereocenters. The molecule has 9 nitrogen and oxygen atoms in total. The number of aromatic nitrogens is 5. The molecule has 3 aromatic heterocycles. The van der Waals surface area contributed by atoms with Gasteiger partial charge in [0.1, 0.15) is 17.6 Å². The Hall–Kier alpha value is -3.82. The Morgan fingerprint density at radius 1 is 1.15 bits per heavy atom. The minimum Gasteiger partial charge on any atom is -0.345 e. The van der Waals surface area contributed by atoms with Crippen LogP contribution in [0.5, 0.6) is 0 Å². The van der Waals surface area contributed by atoms with Crippen molar-refractivity contribution < 1.29 is 0 Å². The van der Waals surface area contributed by atoms with Crippen LogP contribution >= 0.6 is 11.6 Å². The van der Waals surface area contributed by atoms with Crippen LogP contribution in [0.2, 0.25) is 0 Å². The molecular formula is C29H30ClN9. The minimum atomic E-state index is 0.499. The summed E-state index contributed by atoms with van der Waals surface area (Å²) in [6.07, 6.45) is 6.71. The fraction of sp³-hybridized carbons (Fsp3) is 0.345. The van der Waals surface area contributed by atoms with E-state index in [1.54, 1.807) is 6.33 Å². The van der Waals surface area contributed by atoms with Gasteiger partial charge in [-0.1, -0.05) is 30.7 Å². The normalized spacial score (nSPS) is 19.3. The number of benzene rings is 1. The predicted molar refractivity (Wildman–Crippen MR) is 153 cm³/mol. The molecule has 4 aromatic rings. The molecule has 0 spiro atoms. The summed E-state index contributed by atoms with van der Waals surface area (Å²) in [5, 5.41) is 13.6. The van der Waals surface area contributed by atoms with Crippen LogP contribution < -0.4 is 16.0 Å². The molecule has 1 fully saturated rings. The van der Waals surface area contributed by atoms with Crippen LogP contribution in [0.3, 0.4) is 0 Å². The number of pyridine rings is 1. The number of hydrogen-bond donors (Lipinski definition) is 2. The molecule has 0 atom stereocenters. The van der Waals surface area contributed by atoms with Gasteiger partial charge in [0.25, 0.3) is 0 Å². The van der Waals surface area contributed by atoms with Crippen LogP contribution in [0.1, 0.15) is 54.0 Å². The third-order valence-corrected chi connectivity index (χ3v) is 8.40. The molecule has 0 radical (unpaired) electrons. The highest BCUT2D eigenvalue weighted by Gasteiger charge is 2.22. The zero-order chi connectivity index (χ0) is 26.5. The molecule has 3 aliphatic rings. The van der Waals surface area contributed by atoms with Gasteiger partial charge in [0.05, 0.1) is 12.2 Å². The van der Waals surface area contributed by atoms with Crippen molar-refractivity contribution >= 4 is 40.5 Å². The van der Waals surface area contributed by atoms with Gasteiger partial charge in [0, 0.05) is 33.6 Å². The molecule has 5 heterocycles. The van der Waals surface area contributed by atoms with Crippen LogP contribution in [0.4, 0.5) is 5.69 Å². The maximum atomic E-state index is 6.74. The molecule has 198 valence electrons. The van der Waals surface area contributed by atoms with Crippen molar-refractivity contribution in [2.45, 2.75) is 45.6 Å². The zero-order valence-corrected chi connectivity index (χ0v) is 22.8. The van der Waals surface area contributed by atoms with Crippen molar-refractivity contribution in [3.05, 3.63) is 80.7 Å². The lowest BCUT2D eigenvalue weighted by Crippen LogP contribution is -2.32. The molecule has 2 aliphatic heterocycles. The molecule has 2 N–H and O–H groups in total. The second-order valence-corrected chi connectivity index (χ2v) is 10.9. The van der Waals surface area contributed by atoms with Gasteiger partial charge in [-0.3, -0.25) is 4.40 Å². The number of allylic oxidation sites excluding steroid dienone is 1. The van der Waals surface area contributed by atoms with E-state index in [4.69, 9.17) is 21.6 Å². The Bertz CT molecular complexity index is 1750. The molecule has 0 saturated carbocycles. The number of likely N-dealkylation sites (tertiary alicyclic amines) is 1. The number of nitrogens with one attached hydrogen (secondary N) is 2. The standard InChI is InChI=1S/C29H30ClN9/c1-3-38-10-8-19(9-11-38)18-4-6-21(7-5-18)35-29-31-15-20-12-23(28-37-32-16-39(28)27(20)36-29)22-13-25-26(14-24(22)30)34-17(2)33-25/h4-7,12,14,16,19H,3,8-11,13,15H2,1-2H3,(H,31,35)(H,33,34). The lowest BCUT2D eigenvalue weighted by atomic mass is 9.89. The maximum absolute atomic E-state index is 6.74. The van der Waals surface area contributed by atoms with E-state index in [-0.39, 0.29) is 0 Å². The molecule has 0 amide bonds. The second-order valence-electron chi connectivity index (χ2n) is 10.5. The fourth-order valence-electron chi connectivity index (χ4n) is 5.91. The van der Waals surface area contributed by atoms with E-state index < -0.39 is 0 Å². The number of rotatable bonds is 3. The van der Waals surface area contributed by atoms with Gasteiger partial charge in [0.2, 0.25) is 5.96 Å². The van der Waals surface area contributed by atoms with E-state index in [9.17, 15) is 0 Å². The minimum absolute atomic E-state index is 0.499. The number of nitrogens with zero attached hydrogens (tertiary/aromatic N) is 7. The van der Waals surface area contributed by atoms with Gasteiger partial charge in [-0.2, -0.15) is 4.99 Å². The number of hydrogen-bond acceptors (Lipinski definition) is 7. The van der Waals surface area contributed by atoms with E-state index >= 15 is 0 Å². The first-order chi connectivity index (χ1) is 19.1. The lowest BCUT2D eigenvalue weighted by Gasteiger charge is -2.31. The summed E-state index contributed by atoms with van der Waals surface area (Å²) in [5.41, 5.74) is 7.82. The lowest BCUT2D eigenvalue weighted by molar-refractivity contribution is 0.222. The Balaban J connectivity index is 1.18. The number of imidazole rings is 1. The molecule has 39 heavy (non-hydrogen) atoms. The highest BCUT2D eigenvalue weighted by atomic mass is 35.5. The van der Waals surface area contributed by atoms with Gasteiger partial charge in [-0.05, 0) is 80.7 Å². The molecule has 7 rings (SSSR count). The number of aliphatic imine (C=N–C) groups is 1. The van der Waals surface area contributed by atoms with Crippen LogP contribution in [0.15, 0.2) is 51.7 Å². The quantitative estimate of drug-likeness (QED) is 0.415. The monoisotopic (exact) mass is 539 g/mol. The van der Waals surface area contributed by atoms with E-state index in [1.165, 1.54) is 31.5 Å². The number of piperidine rings is 1. The Labute approximate surface area is 231 Å². The first-order valence-electron chi connectivity index (χ1n) is 13.6. The van der Waals surface area contributed by atoms with Crippen LogP contribution in [0.25, 0.3) is 17.3 Å². The van der Waals surface area contributed by atoms with Gasteiger partial charge in [0.15, 0.2) is 5.65 Å². The Morgan fingerprint density at radius 3 is 2.77 bits per heavy atom. The van der Waals surface area contributed by atoms with E-state index in [1.807, 2.05) is 17.4 Å². The Morgan fingerprint density at radius 2 is 1.97 bits per heavy atom. The van der Waals surface area contributed by atoms with Crippen LogP contribution in [-0.2, 0) is 13.0 Å². The number of fused-ring (bicyclic) bond motifs is 4. The first-order valence-corrected chi connectivity index (χ1v) is 13.9. The predicted octanol–water partition coefficient (Wildman–Crippen LogP) is 3.55. The summed E-state index contributed by atoms with van der Waals surface area (Å²) >= 11 is 6.74. The van der Waals surface area contributed by atoms with Crippen LogP contribution in [-0.4, -0.2) is 55.1 Å². The average Bonchev–Trinajstić information content (AvgIpc) is 3.59. The highest BCUT2D eigenvalue weighted by Crippen LogP contribution is 2.30. The van der Waals surface area contributed by atoms with Gasteiger partial charge < -0.3 is 15.2 Å². The number of guanidine groups is 1. The summed E-state index contributed by atoms with van der Waals surface area (Å²) in [6, 6.07) is 10.8. The second kappa shape index (κ2) is 9.73. The third-order valence-electron chi connectivity index (χ3n) is 8.07. The number of aryl methyl sites for hydroxylation is 1. The molecule has 1 saturated heterocycles. The summed E-state index contributed by atoms with van der Waals surface area (Å²) in [5.74, 6) is 2.09. The molecule has 10 heteroatoms. The number of halogens is 1. The van der Waals surface area contributed by atoms with Crippen molar-refractivity contribution in [3.8, 4) is 0 Å². The van der Waals surface area contributed by atoms with Gasteiger partial charge >= 0.3 is 0 Å². The smallest absolute Gasteiger partial charge is 0.224 e. The molecular weight excluding hydrogens is 510 g/mol. The SMILES string of the molecule is CCN1CCC(c2ccc(NC3=NCc4cc(=C5Cc6[nH]c(C)nc6C=C5Cl)c5nncn5c4=N3)cc2)CC1. The summed E-state index contributed by atoms with van der Waals surface area (Å²) < 4.78 is 1.93. The van der Waals surface area contributed by atoms with Gasteiger partial charge in [-0.15, -0.1) is 10.2 Å². The maximum Gasteiger partial charge on any atom is 0.224 e. The molecule has 0 bridgehead atoms. The summed E-state index contributed by atoms with van der Waals surface area (Å²) in [7, 11) is 0. The van der Waals surface area contributed by atoms with E-state index in [0.717, 1.165) is 56.9 Å². The Kier molecular flexibility index (Phi) is 6.05. The largest absolute Gasteiger partial charge is 0.345 e. The number of aromatic amines is 1. The number of anilines is 1. The summed E-state index contributed by atoms with van der Waals surface area (Å²) in [4.78, 5) is 20.0. The van der Waals surface area contributed by atoms with Crippen molar-refractivity contribution in [1.29, 1.82) is 0 Å². The molecule has 1 aromatic carbocycles. The summed E-state index contributed by atoms with van der Waals surface area (Å²) in [6.45, 7) is 8.20. The van der Waals surface area contributed by atoms with Crippen molar-refractivity contribution in [1.82, 2.24) is 29.5 Å².